The number of nitrogens with two attached hydrogens (primary N) is 1. The van der Waals surface area contributed by atoms with Gasteiger partial charge in [-0.15, -0.1) is 0 Å². The van der Waals surface area contributed by atoms with Crippen LogP contribution in [0.4, 0.5) is 5.95 Å². The standard InChI is InChI=1S/C16H28N4O/c1-13(2)8-5-3-4-6-10-15(21)18-11-7-9-14-12-19-16(17)20-14/h5,8,12-13H,3-4,6-7,9-11H2,1-2H3,(H,18,21)(H3,17,19,20)/b8-5+. The second kappa shape index (κ2) is 10.0. The van der Waals surface area contributed by atoms with Gasteiger partial charge in [-0.1, -0.05) is 26.0 Å². The Balaban J connectivity index is 1.96. The molecule has 0 radical (unpaired) electrons. The number of carbonyl (C=O) groups is 1. The van der Waals surface area contributed by atoms with Crippen LogP contribution in [0.2, 0.25) is 0 Å². The molecule has 0 saturated heterocycles. The molecule has 1 rings (SSSR count). The van der Waals surface area contributed by atoms with Gasteiger partial charge in [0, 0.05) is 18.7 Å². The van der Waals surface area contributed by atoms with E-state index in [0.717, 1.165) is 37.8 Å². The summed E-state index contributed by atoms with van der Waals surface area (Å²) in [7, 11) is 0. The van der Waals surface area contributed by atoms with Gasteiger partial charge in [-0.25, -0.2) is 4.98 Å². The summed E-state index contributed by atoms with van der Waals surface area (Å²) in [6, 6.07) is 0. The Bertz CT molecular complexity index is 437. The number of aryl methyl sites for hydroxylation is 1. The largest absolute Gasteiger partial charge is 0.369 e. The van der Waals surface area contributed by atoms with Gasteiger partial charge in [0.05, 0.1) is 6.20 Å². The minimum atomic E-state index is 0.145. The molecule has 0 spiro atoms. The number of carbonyl (C=O) groups excluding carboxylic acids is 1. The number of anilines is 1. The van der Waals surface area contributed by atoms with Crippen LogP contribution >= 0.6 is 0 Å². The molecule has 0 atom stereocenters. The summed E-state index contributed by atoms with van der Waals surface area (Å²) in [6.45, 7) is 5.04. The first-order valence-electron chi connectivity index (χ1n) is 7.80. The number of amides is 1. The molecule has 5 nitrogen and oxygen atoms in total. The van der Waals surface area contributed by atoms with Gasteiger partial charge in [-0.05, 0) is 38.0 Å². The third-order valence-corrected chi connectivity index (χ3v) is 3.14. The van der Waals surface area contributed by atoms with Crippen molar-refractivity contribution in [1.29, 1.82) is 0 Å². The highest BCUT2D eigenvalue weighted by molar-refractivity contribution is 5.75. The average molecular weight is 292 g/mol. The van der Waals surface area contributed by atoms with E-state index in [1.807, 2.05) is 0 Å². The number of allylic oxidation sites excluding steroid dienone is 2. The predicted octanol–water partition coefficient (Wildman–Crippen LogP) is 2.81. The first-order chi connectivity index (χ1) is 10.1. The maximum absolute atomic E-state index is 11.6. The minimum absolute atomic E-state index is 0.145. The molecule has 0 saturated carbocycles. The van der Waals surface area contributed by atoms with Gasteiger partial charge < -0.3 is 16.0 Å². The SMILES string of the molecule is CC(C)/C=C/CCCCC(=O)NCCCc1cnc(N)[nH]1. The zero-order valence-corrected chi connectivity index (χ0v) is 13.2. The summed E-state index contributed by atoms with van der Waals surface area (Å²) in [5.74, 6) is 1.20. The number of hydrogen-bond donors (Lipinski definition) is 3. The van der Waals surface area contributed by atoms with Crippen LogP contribution in [0.3, 0.4) is 0 Å². The van der Waals surface area contributed by atoms with Crippen LogP contribution in [-0.4, -0.2) is 22.4 Å². The topological polar surface area (TPSA) is 83.8 Å². The fourth-order valence-corrected chi connectivity index (χ4v) is 2.01. The van der Waals surface area contributed by atoms with Crippen molar-refractivity contribution in [3.8, 4) is 0 Å². The summed E-state index contributed by atoms with van der Waals surface area (Å²) in [6.07, 6.45) is 11.6. The molecule has 1 heterocycles. The highest BCUT2D eigenvalue weighted by atomic mass is 16.1. The fourth-order valence-electron chi connectivity index (χ4n) is 2.01. The molecule has 1 amide bonds. The van der Waals surface area contributed by atoms with Crippen molar-refractivity contribution in [2.45, 2.75) is 52.4 Å². The normalized spacial score (nSPS) is 11.4. The molecule has 0 aliphatic carbocycles. The first-order valence-corrected chi connectivity index (χ1v) is 7.80. The number of aromatic amines is 1. The highest BCUT2D eigenvalue weighted by Crippen LogP contribution is 2.04. The molecule has 0 bridgehead atoms. The molecule has 0 unspecified atom stereocenters. The molecule has 21 heavy (non-hydrogen) atoms. The lowest BCUT2D eigenvalue weighted by Crippen LogP contribution is -2.24. The van der Waals surface area contributed by atoms with E-state index in [1.165, 1.54) is 0 Å². The lowest BCUT2D eigenvalue weighted by atomic mass is 10.1. The number of hydrogen-bond acceptors (Lipinski definition) is 3. The first kappa shape index (κ1) is 17.3. The Hall–Kier alpha value is -1.78. The number of aromatic nitrogens is 2. The molecule has 1 aromatic rings. The van der Waals surface area contributed by atoms with Crippen molar-refractivity contribution in [1.82, 2.24) is 15.3 Å². The Morgan fingerprint density at radius 1 is 1.43 bits per heavy atom. The maximum Gasteiger partial charge on any atom is 0.219 e. The van der Waals surface area contributed by atoms with Crippen molar-refractivity contribution in [2.24, 2.45) is 5.92 Å². The van der Waals surface area contributed by atoms with E-state index >= 15 is 0 Å². The number of unbranched alkanes of at least 4 members (excludes halogenated alkanes) is 2. The van der Waals surface area contributed by atoms with E-state index in [0.29, 0.717) is 24.8 Å². The summed E-state index contributed by atoms with van der Waals surface area (Å²) >= 11 is 0. The molecule has 5 heteroatoms. The highest BCUT2D eigenvalue weighted by Gasteiger charge is 2.01. The molecule has 0 aliphatic rings. The lowest BCUT2D eigenvalue weighted by molar-refractivity contribution is -0.121. The van der Waals surface area contributed by atoms with Crippen molar-refractivity contribution < 1.29 is 4.79 Å². The molecule has 0 aromatic carbocycles. The summed E-state index contributed by atoms with van der Waals surface area (Å²) < 4.78 is 0. The Kier molecular flexibility index (Phi) is 8.24. The van der Waals surface area contributed by atoms with Gasteiger partial charge >= 0.3 is 0 Å². The summed E-state index contributed by atoms with van der Waals surface area (Å²) in [5, 5.41) is 2.95. The molecular formula is C16H28N4O. The number of nitrogens with one attached hydrogen (secondary N) is 2. The molecular weight excluding hydrogens is 264 g/mol. The van der Waals surface area contributed by atoms with Crippen LogP contribution in [-0.2, 0) is 11.2 Å². The number of imidazole rings is 1. The van der Waals surface area contributed by atoms with Crippen molar-refractivity contribution in [3.63, 3.8) is 0 Å². The van der Waals surface area contributed by atoms with E-state index in [-0.39, 0.29) is 5.91 Å². The third kappa shape index (κ3) is 8.89. The maximum atomic E-state index is 11.6. The zero-order valence-electron chi connectivity index (χ0n) is 13.2. The Morgan fingerprint density at radius 3 is 2.90 bits per heavy atom. The van der Waals surface area contributed by atoms with Crippen LogP contribution in [0.15, 0.2) is 18.3 Å². The van der Waals surface area contributed by atoms with E-state index in [9.17, 15) is 4.79 Å². The van der Waals surface area contributed by atoms with Crippen LogP contribution in [0.5, 0.6) is 0 Å². The minimum Gasteiger partial charge on any atom is -0.369 e. The second-order valence-corrected chi connectivity index (χ2v) is 5.67. The fraction of sp³-hybridized carbons (Fsp3) is 0.625. The van der Waals surface area contributed by atoms with E-state index in [1.54, 1.807) is 6.20 Å². The molecule has 0 fully saturated rings. The van der Waals surface area contributed by atoms with Gasteiger partial charge in [0.1, 0.15) is 0 Å². The Morgan fingerprint density at radius 2 is 2.24 bits per heavy atom. The van der Waals surface area contributed by atoms with Gasteiger partial charge in [0.25, 0.3) is 0 Å². The van der Waals surface area contributed by atoms with Crippen molar-refractivity contribution in [2.75, 3.05) is 12.3 Å². The quantitative estimate of drug-likeness (QED) is 0.458. The predicted molar refractivity (Wildman–Crippen MR) is 86.8 cm³/mol. The molecule has 1 aromatic heterocycles. The second-order valence-electron chi connectivity index (χ2n) is 5.67. The molecule has 0 aliphatic heterocycles. The van der Waals surface area contributed by atoms with Gasteiger partial charge in [0.15, 0.2) is 5.95 Å². The smallest absolute Gasteiger partial charge is 0.219 e. The summed E-state index contributed by atoms with van der Waals surface area (Å²) in [4.78, 5) is 18.5. The molecule has 4 N–H and O–H groups in total. The van der Waals surface area contributed by atoms with Crippen molar-refractivity contribution in [3.05, 3.63) is 24.0 Å². The van der Waals surface area contributed by atoms with Gasteiger partial charge in [0.2, 0.25) is 5.91 Å². The number of H-pyrrole nitrogens is 1. The van der Waals surface area contributed by atoms with Gasteiger partial charge in [-0.3, -0.25) is 4.79 Å². The molecule has 118 valence electrons. The van der Waals surface area contributed by atoms with Crippen molar-refractivity contribution >= 4 is 11.9 Å². The number of nitrogens with zero attached hydrogens (tertiary/aromatic N) is 1. The number of rotatable bonds is 10. The van der Waals surface area contributed by atoms with E-state index < -0.39 is 0 Å². The van der Waals surface area contributed by atoms with E-state index in [4.69, 9.17) is 5.73 Å². The number of nitrogen functional groups attached to an aromatic ring is 1. The van der Waals surface area contributed by atoms with Crippen LogP contribution < -0.4 is 11.1 Å². The summed E-state index contributed by atoms with van der Waals surface area (Å²) in [5.41, 5.74) is 6.51. The zero-order chi connectivity index (χ0) is 15.5. The third-order valence-electron chi connectivity index (χ3n) is 3.14. The van der Waals surface area contributed by atoms with E-state index in [2.05, 4.69) is 41.3 Å². The lowest BCUT2D eigenvalue weighted by Gasteiger charge is -2.04. The van der Waals surface area contributed by atoms with Gasteiger partial charge in [-0.2, -0.15) is 0 Å². The van der Waals surface area contributed by atoms with Crippen LogP contribution in [0, 0.1) is 5.92 Å². The van der Waals surface area contributed by atoms with Crippen LogP contribution in [0.25, 0.3) is 0 Å². The van der Waals surface area contributed by atoms with Crippen LogP contribution in [0.1, 0.15) is 51.6 Å². The average Bonchev–Trinajstić information content (AvgIpc) is 2.84. The Labute approximate surface area is 127 Å². The monoisotopic (exact) mass is 292 g/mol.